The zero-order valence-electron chi connectivity index (χ0n) is 39.3. The molecule has 6 heteroatoms. The maximum atomic E-state index is 13.8. The third-order valence-electron chi connectivity index (χ3n) is 12.6. The fourth-order valence-electron chi connectivity index (χ4n) is 8.93. The van der Waals surface area contributed by atoms with Crippen molar-refractivity contribution in [3.63, 3.8) is 0 Å². The van der Waals surface area contributed by atoms with Gasteiger partial charge in [0, 0.05) is 0 Å². The largest absolute Gasteiger partial charge is 0.848 e. The number of aryl methyl sites for hydroxylation is 3. The van der Waals surface area contributed by atoms with Crippen LogP contribution in [0.4, 0.5) is 0 Å². The average Bonchev–Trinajstić information content (AvgIpc) is 3.42. The third kappa shape index (κ3) is 11.0. The van der Waals surface area contributed by atoms with Crippen LogP contribution in [0.2, 0.25) is 0 Å². The molecule has 0 radical (unpaired) electrons. The van der Waals surface area contributed by atoms with Crippen LogP contribution in [0.15, 0.2) is 279 Å². The SMILES string of the molecule is C.Cc1ccc([P+](c2ccc(C)cc2)(c2ccc(C)cc2)c2ccc(O)cc2)cc1.O[Si](c1ccccc1)(c1ccccc1)c1ccccc1.[O-][Si](c1ccccc1)(c1ccccc1)c1ccccc1. The van der Waals surface area contributed by atoms with E-state index in [9.17, 15) is 14.7 Å². The van der Waals surface area contributed by atoms with E-state index < -0.39 is 23.9 Å². The summed E-state index contributed by atoms with van der Waals surface area (Å²) in [5.41, 5.74) is 3.76. The lowest BCUT2D eigenvalue weighted by Gasteiger charge is -2.40. The van der Waals surface area contributed by atoms with Crippen molar-refractivity contribution in [2.75, 3.05) is 0 Å². The molecule has 348 valence electrons. The number of rotatable bonds is 10. The minimum atomic E-state index is -3.13. The van der Waals surface area contributed by atoms with Crippen molar-refractivity contribution in [3.8, 4) is 5.75 Å². The Kier molecular flexibility index (Phi) is 16.9. The molecule has 10 aromatic carbocycles. The van der Waals surface area contributed by atoms with E-state index in [0.717, 1.165) is 31.1 Å². The molecule has 0 fully saturated rings. The summed E-state index contributed by atoms with van der Waals surface area (Å²) in [7, 11) is -8.10. The fraction of sp³-hybridized carbons (Fsp3) is 0.0625. The van der Waals surface area contributed by atoms with Crippen LogP contribution in [0.5, 0.6) is 5.75 Å². The van der Waals surface area contributed by atoms with Crippen molar-refractivity contribution in [2.45, 2.75) is 28.2 Å². The van der Waals surface area contributed by atoms with Gasteiger partial charge in [-0.25, -0.2) is 0 Å². The Morgan fingerprint density at radius 2 is 0.500 bits per heavy atom. The third-order valence-corrected chi connectivity index (χ3v) is 23.9. The number of phenols is 1. The second kappa shape index (κ2) is 23.4. The zero-order valence-corrected chi connectivity index (χ0v) is 42.2. The Bertz CT molecular complexity index is 2600. The molecule has 0 saturated carbocycles. The number of hydrogen-bond acceptors (Lipinski definition) is 3. The van der Waals surface area contributed by atoms with E-state index in [1.165, 1.54) is 37.9 Å². The van der Waals surface area contributed by atoms with E-state index in [2.05, 4.69) is 106 Å². The summed E-state index contributed by atoms with van der Waals surface area (Å²) >= 11 is 0. The average molecular weight is 965 g/mol. The highest BCUT2D eigenvalue weighted by Crippen LogP contribution is 2.54. The van der Waals surface area contributed by atoms with Crippen LogP contribution < -0.4 is 57.1 Å². The summed E-state index contributed by atoms with van der Waals surface area (Å²) in [6, 6.07) is 93.9. The lowest BCUT2D eigenvalue weighted by Crippen LogP contribution is -2.76. The Morgan fingerprint density at radius 3 is 0.729 bits per heavy atom. The van der Waals surface area contributed by atoms with Crippen LogP contribution in [0.3, 0.4) is 0 Å². The summed E-state index contributed by atoms with van der Waals surface area (Å²) in [6.45, 7) is 6.38. The predicted octanol–water partition coefficient (Wildman–Crippen LogP) is 8.23. The van der Waals surface area contributed by atoms with E-state index in [1.807, 2.05) is 182 Å². The van der Waals surface area contributed by atoms with Crippen molar-refractivity contribution in [1.82, 2.24) is 0 Å². The van der Waals surface area contributed by atoms with Gasteiger partial charge in [0.25, 0.3) is 8.32 Å². The van der Waals surface area contributed by atoms with Crippen LogP contribution >= 0.6 is 7.26 Å². The van der Waals surface area contributed by atoms with E-state index in [4.69, 9.17) is 0 Å². The summed E-state index contributed by atoms with van der Waals surface area (Å²) in [6.07, 6.45) is 0. The first-order valence-corrected chi connectivity index (χ1v) is 28.9. The minimum absolute atomic E-state index is 0. The van der Waals surface area contributed by atoms with E-state index in [1.54, 1.807) is 12.1 Å². The number of phenolic OH excluding ortho intramolecular Hbond substituents is 1. The summed E-state index contributed by atoms with van der Waals surface area (Å²) in [5.74, 6) is 0.295. The molecule has 0 atom stereocenters. The summed E-state index contributed by atoms with van der Waals surface area (Å²) in [4.78, 5) is 25.4. The molecule has 0 saturated heterocycles. The number of benzene rings is 10. The van der Waals surface area contributed by atoms with Gasteiger partial charge in [-0.05, 0) is 97.0 Å². The molecule has 0 aliphatic carbocycles. The highest BCUT2D eigenvalue weighted by atomic mass is 31.2. The van der Waals surface area contributed by atoms with E-state index in [0.29, 0.717) is 5.75 Å². The van der Waals surface area contributed by atoms with Crippen molar-refractivity contribution in [3.05, 3.63) is 296 Å². The monoisotopic (exact) mass is 964 g/mol. The first kappa shape index (κ1) is 50.7. The van der Waals surface area contributed by atoms with E-state index >= 15 is 0 Å². The topological polar surface area (TPSA) is 63.5 Å². The lowest BCUT2D eigenvalue weighted by molar-refractivity contribution is -0.193. The fourth-order valence-corrected chi connectivity index (χ4v) is 19.1. The molecular weight excluding hydrogens is 904 g/mol. The van der Waals surface area contributed by atoms with Gasteiger partial charge in [-0.1, -0.05) is 258 Å². The van der Waals surface area contributed by atoms with Gasteiger partial charge in [-0.3, -0.25) is 0 Å². The second-order valence-corrected chi connectivity index (χ2v) is 26.9. The highest BCUT2D eigenvalue weighted by Gasteiger charge is 2.48. The first-order valence-electron chi connectivity index (χ1n) is 23.3. The first-order chi connectivity index (χ1) is 33.6. The lowest BCUT2D eigenvalue weighted by atomic mass is 10.2. The van der Waals surface area contributed by atoms with Gasteiger partial charge in [0.2, 0.25) is 0 Å². The molecule has 0 bridgehead atoms. The van der Waals surface area contributed by atoms with E-state index in [-0.39, 0.29) is 7.43 Å². The van der Waals surface area contributed by atoms with Crippen LogP contribution in [-0.4, -0.2) is 26.5 Å². The number of hydrogen-bond donors (Lipinski definition) is 2. The Labute approximate surface area is 418 Å². The quantitative estimate of drug-likeness (QED) is 0.0826. The van der Waals surface area contributed by atoms with Crippen molar-refractivity contribution in [2.24, 2.45) is 0 Å². The van der Waals surface area contributed by atoms with Crippen LogP contribution in [0.1, 0.15) is 24.1 Å². The molecule has 0 unspecified atom stereocenters. The molecule has 2 N–H and O–H groups in total. The molecule has 70 heavy (non-hydrogen) atoms. The smallest absolute Gasteiger partial charge is 0.285 e. The minimum Gasteiger partial charge on any atom is -0.848 e. The Balaban J connectivity index is 0.000000158. The molecular formula is C64H61O3PSi2. The summed E-state index contributed by atoms with van der Waals surface area (Å²) < 4.78 is 0. The maximum Gasteiger partial charge on any atom is 0.285 e. The van der Waals surface area contributed by atoms with Gasteiger partial charge in [0.1, 0.15) is 34.2 Å². The number of aromatic hydroxyl groups is 1. The molecule has 0 aliphatic heterocycles. The van der Waals surface area contributed by atoms with Gasteiger partial charge in [0.15, 0.2) is 0 Å². The van der Waals surface area contributed by atoms with Gasteiger partial charge in [-0.2, -0.15) is 0 Å². The normalized spacial score (nSPS) is 11.2. The van der Waals surface area contributed by atoms with Crippen molar-refractivity contribution in [1.29, 1.82) is 0 Å². The van der Waals surface area contributed by atoms with Gasteiger partial charge >= 0.3 is 0 Å². The molecule has 0 heterocycles. The van der Waals surface area contributed by atoms with Crippen LogP contribution in [0, 0.1) is 20.8 Å². The summed E-state index contributed by atoms with van der Waals surface area (Å²) in [5, 5.41) is 20.9. The van der Waals surface area contributed by atoms with Gasteiger partial charge < -0.3 is 14.7 Å². The Morgan fingerprint density at radius 1 is 0.300 bits per heavy atom. The van der Waals surface area contributed by atoms with Gasteiger partial charge in [-0.15, -0.1) is 0 Å². The predicted molar refractivity (Wildman–Crippen MR) is 304 cm³/mol. The molecule has 0 amide bonds. The zero-order chi connectivity index (χ0) is 48.1. The molecule has 10 aromatic rings. The van der Waals surface area contributed by atoms with Crippen LogP contribution in [0.25, 0.3) is 0 Å². The Hall–Kier alpha value is -7.22. The van der Waals surface area contributed by atoms with Crippen LogP contribution in [-0.2, 0) is 0 Å². The molecule has 0 aliphatic rings. The van der Waals surface area contributed by atoms with Crippen molar-refractivity contribution < 1.29 is 14.7 Å². The standard InChI is InChI=1S/C27H25OP.C18H16OSi.C18H15OSi.CH4/c1-20-4-12-24(13-5-20)29(25-14-6-21(2)7-15-25,26-16-8-22(3)9-17-26)27-18-10-23(28)11-19-27;2*19-20(16-10-4-1-5-11-16,17-12-6-2-7-13-17)18-14-8-3-9-15-18;/h4-19H,1-3H3;1-15,19H;1-15H;1H4/q;;-1;/p+1. The highest BCUT2D eigenvalue weighted by molar-refractivity contribution is 8.01. The molecule has 0 spiro atoms. The maximum absolute atomic E-state index is 13.8. The van der Waals surface area contributed by atoms with Gasteiger partial charge in [0.05, 0.1) is 8.32 Å². The molecule has 3 nitrogen and oxygen atoms in total. The molecule has 0 aromatic heterocycles. The second-order valence-electron chi connectivity index (χ2n) is 17.3. The van der Waals surface area contributed by atoms with Crippen molar-refractivity contribution >= 4 is 76.2 Å². The molecule has 10 rings (SSSR count).